The van der Waals surface area contributed by atoms with Gasteiger partial charge in [-0.05, 0) is 12.5 Å². The van der Waals surface area contributed by atoms with Crippen LogP contribution in [0.25, 0.3) is 11.3 Å². The van der Waals surface area contributed by atoms with Crippen molar-refractivity contribution in [1.82, 2.24) is 9.66 Å². The van der Waals surface area contributed by atoms with Crippen LogP contribution < -0.4 is 5.69 Å². The van der Waals surface area contributed by atoms with Crippen LogP contribution in [0.15, 0.2) is 107 Å². The predicted molar refractivity (Wildman–Crippen MR) is 118 cm³/mol. The smallest absolute Gasteiger partial charge is 0.288 e. The van der Waals surface area contributed by atoms with E-state index in [1.165, 1.54) is 6.20 Å². The summed E-state index contributed by atoms with van der Waals surface area (Å²) < 4.78 is 1.13. The molecule has 0 unspecified atom stereocenters. The fourth-order valence-electron chi connectivity index (χ4n) is 3.14. The predicted octanol–water partition coefficient (Wildman–Crippen LogP) is 4.41. The number of rotatable bonds is 5. The molecule has 0 N–H and O–H groups in total. The zero-order valence-corrected chi connectivity index (χ0v) is 16.4. The van der Waals surface area contributed by atoms with E-state index in [1.807, 2.05) is 73.7 Å². The van der Waals surface area contributed by atoms with Crippen LogP contribution in [0, 0.1) is 0 Å². The molecule has 0 spiro atoms. The highest BCUT2D eigenvalue weighted by Crippen LogP contribution is 2.22. The van der Waals surface area contributed by atoms with E-state index >= 15 is 0 Å². The summed E-state index contributed by atoms with van der Waals surface area (Å²) in [4.78, 5) is 30.2. The maximum Gasteiger partial charge on any atom is 0.368 e. The van der Waals surface area contributed by atoms with Crippen molar-refractivity contribution >= 4 is 11.5 Å². The normalized spacial score (nSPS) is 11.3. The van der Waals surface area contributed by atoms with Crippen LogP contribution in [0.3, 0.4) is 0 Å². The first-order chi connectivity index (χ1) is 14.6. The second-order valence-electron chi connectivity index (χ2n) is 6.74. The first-order valence-electron chi connectivity index (χ1n) is 9.53. The maximum absolute atomic E-state index is 13.3. The highest BCUT2D eigenvalue weighted by molar-refractivity contribution is 6.12. The quantitative estimate of drug-likeness (QED) is 0.373. The van der Waals surface area contributed by atoms with Crippen LogP contribution in [0.2, 0.25) is 0 Å². The van der Waals surface area contributed by atoms with E-state index < -0.39 is 5.69 Å². The zero-order chi connectivity index (χ0) is 20.9. The van der Waals surface area contributed by atoms with Crippen molar-refractivity contribution in [3.63, 3.8) is 0 Å². The second kappa shape index (κ2) is 8.49. The van der Waals surface area contributed by atoms with Gasteiger partial charge in [-0.25, -0.2) is 4.79 Å². The van der Waals surface area contributed by atoms with Gasteiger partial charge in [-0.2, -0.15) is 14.8 Å². The Hall–Kier alpha value is -4.12. The monoisotopic (exact) mass is 393 g/mol. The summed E-state index contributed by atoms with van der Waals surface area (Å²) in [6.45, 7) is 1.81. The number of hydrogen-bond acceptors (Lipinski definition) is 4. The third-order valence-corrected chi connectivity index (χ3v) is 4.69. The lowest BCUT2D eigenvalue weighted by Gasteiger charge is -2.10. The Labute approximate surface area is 174 Å². The molecular formula is C25H19N3O2. The molecule has 0 radical (unpaired) electrons. The molecule has 0 atom stereocenters. The molecule has 0 fully saturated rings. The van der Waals surface area contributed by atoms with Crippen LogP contribution >= 0.6 is 0 Å². The number of aromatic nitrogens is 2. The molecule has 4 rings (SSSR count). The number of nitrogens with zero attached hydrogens (tertiary/aromatic N) is 3. The summed E-state index contributed by atoms with van der Waals surface area (Å²) in [6.07, 6.45) is 1.47. The van der Waals surface area contributed by atoms with Crippen molar-refractivity contribution in [3.05, 3.63) is 124 Å². The Balaban J connectivity index is 1.88. The Morgan fingerprint density at radius 3 is 1.93 bits per heavy atom. The minimum atomic E-state index is -0.547. The van der Waals surface area contributed by atoms with Gasteiger partial charge in [-0.15, -0.1) is 0 Å². The summed E-state index contributed by atoms with van der Waals surface area (Å²) in [6, 6.07) is 27.7. The summed E-state index contributed by atoms with van der Waals surface area (Å²) in [7, 11) is 0. The Morgan fingerprint density at radius 1 is 0.800 bits per heavy atom. The summed E-state index contributed by atoms with van der Waals surface area (Å²) in [5.74, 6) is -0.219. The third-order valence-electron chi connectivity index (χ3n) is 4.69. The van der Waals surface area contributed by atoms with Gasteiger partial charge in [0.05, 0.1) is 17.0 Å². The van der Waals surface area contributed by atoms with Gasteiger partial charge in [0.1, 0.15) is 0 Å². The van der Waals surface area contributed by atoms with Gasteiger partial charge >= 0.3 is 5.69 Å². The fourth-order valence-corrected chi connectivity index (χ4v) is 3.14. The average molecular weight is 393 g/mol. The number of carbonyl (C=O) groups is 1. The first kappa shape index (κ1) is 19.2. The van der Waals surface area contributed by atoms with Gasteiger partial charge in [-0.3, -0.25) is 4.79 Å². The maximum atomic E-state index is 13.3. The van der Waals surface area contributed by atoms with Crippen LogP contribution in [-0.2, 0) is 0 Å². The number of hydrogen-bond donors (Lipinski definition) is 0. The van der Waals surface area contributed by atoms with E-state index in [-0.39, 0.29) is 5.78 Å². The van der Waals surface area contributed by atoms with E-state index in [9.17, 15) is 9.59 Å². The van der Waals surface area contributed by atoms with Gasteiger partial charge in [0.2, 0.25) is 0 Å². The van der Waals surface area contributed by atoms with E-state index in [0.717, 1.165) is 10.2 Å². The van der Waals surface area contributed by atoms with Crippen LogP contribution in [-0.4, -0.2) is 21.2 Å². The van der Waals surface area contributed by atoms with Crippen LogP contribution in [0.4, 0.5) is 0 Å². The summed E-state index contributed by atoms with van der Waals surface area (Å²) >= 11 is 0. The molecule has 0 saturated heterocycles. The Bertz CT molecular complexity index is 1260. The van der Waals surface area contributed by atoms with Crippen molar-refractivity contribution < 1.29 is 4.79 Å². The number of ketones is 1. The summed E-state index contributed by atoms with van der Waals surface area (Å²) in [5.41, 5.74) is 2.86. The van der Waals surface area contributed by atoms with Crippen molar-refractivity contribution in [2.24, 2.45) is 5.10 Å². The minimum Gasteiger partial charge on any atom is -0.288 e. The first-order valence-corrected chi connectivity index (χ1v) is 9.53. The molecule has 3 aromatic carbocycles. The Morgan fingerprint density at radius 2 is 1.33 bits per heavy atom. The molecule has 1 aromatic heterocycles. The van der Waals surface area contributed by atoms with Gasteiger partial charge in [-0.1, -0.05) is 91.0 Å². The molecule has 30 heavy (non-hydrogen) atoms. The highest BCUT2D eigenvalue weighted by atomic mass is 16.2. The highest BCUT2D eigenvalue weighted by Gasteiger charge is 2.19. The Kier molecular flexibility index (Phi) is 5.44. The largest absolute Gasteiger partial charge is 0.368 e. The summed E-state index contributed by atoms with van der Waals surface area (Å²) in [5, 5.41) is 4.41. The second-order valence-corrected chi connectivity index (χ2v) is 6.74. The molecule has 1 heterocycles. The van der Waals surface area contributed by atoms with E-state index in [4.69, 9.17) is 0 Å². The molecule has 0 bridgehead atoms. The lowest BCUT2D eigenvalue weighted by molar-refractivity contribution is 0.103. The molecule has 5 nitrogen and oxygen atoms in total. The van der Waals surface area contributed by atoms with Crippen LogP contribution in [0.5, 0.6) is 0 Å². The minimum absolute atomic E-state index is 0.219. The fraction of sp³-hybridized carbons (Fsp3) is 0.0400. The standard InChI is InChI=1S/C25H19N3O2/c1-18(19-11-5-2-6-12-19)27-28-17-22(24(29)21-15-9-4-10-16-21)23(26-25(28)30)20-13-7-3-8-14-20/h2-17H,1H3. The molecule has 0 aliphatic heterocycles. The van der Waals surface area contributed by atoms with Gasteiger partial charge in [0.25, 0.3) is 0 Å². The van der Waals surface area contributed by atoms with Crippen molar-refractivity contribution in [2.75, 3.05) is 0 Å². The molecule has 5 heteroatoms. The van der Waals surface area contributed by atoms with Gasteiger partial charge < -0.3 is 0 Å². The third kappa shape index (κ3) is 4.00. The lowest BCUT2D eigenvalue weighted by Crippen LogP contribution is -2.24. The molecule has 0 aliphatic carbocycles. The van der Waals surface area contributed by atoms with E-state index in [2.05, 4.69) is 10.1 Å². The molecule has 0 aliphatic rings. The molecule has 0 amide bonds. The number of carbonyl (C=O) groups excluding carboxylic acids is 1. The van der Waals surface area contributed by atoms with Crippen LogP contribution in [0.1, 0.15) is 28.4 Å². The zero-order valence-electron chi connectivity index (χ0n) is 16.4. The molecule has 0 saturated carbocycles. The molecule has 4 aromatic rings. The molecular weight excluding hydrogens is 374 g/mol. The number of benzene rings is 3. The van der Waals surface area contributed by atoms with Crippen molar-refractivity contribution in [2.45, 2.75) is 6.92 Å². The topological polar surface area (TPSA) is 64.3 Å². The average Bonchev–Trinajstić information content (AvgIpc) is 2.81. The SMILES string of the molecule is CC(=Nn1cc(C(=O)c2ccccc2)c(-c2ccccc2)nc1=O)c1ccccc1. The van der Waals surface area contributed by atoms with Crippen molar-refractivity contribution in [1.29, 1.82) is 0 Å². The van der Waals surface area contributed by atoms with E-state index in [0.29, 0.717) is 28.1 Å². The molecule has 146 valence electrons. The van der Waals surface area contributed by atoms with Crippen molar-refractivity contribution in [3.8, 4) is 11.3 Å². The van der Waals surface area contributed by atoms with Gasteiger partial charge in [0.15, 0.2) is 5.78 Å². The lowest BCUT2D eigenvalue weighted by atomic mass is 9.99. The van der Waals surface area contributed by atoms with Gasteiger partial charge in [0, 0.05) is 17.3 Å². The van der Waals surface area contributed by atoms with E-state index in [1.54, 1.807) is 24.3 Å².